The Morgan fingerprint density at radius 3 is 3.00 bits per heavy atom. The first-order chi connectivity index (χ1) is 10.2. The number of methoxy groups -OCH3 is 1. The maximum Gasteiger partial charge on any atom is 0.491 e. The predicted octanol–water partition coefficient (Wildman–Crippen LogP) is 0.443. The molecule has 2 N–H and O–H groups in total. The third-order valence-electron chi connectivity index (χ3n) is 3.15. The molecule has 3 rings (SSSR count). The van der Waals surface area contributed by atoms with Gasteiger partial charge in [0.1, 0.15) is 0 Å². The van der Waals surface area contributed by atoms with Crippen molar-refractivity contribution < 1.29 is 18.6 Å². The molecule has 0 fully saturated rings. The summed E-state index contributed by atoms with van der Waals surface area (Å²) in [5, 5.41) is 9.66. The number of nitrogens with one attached hydrogen (secondary N) is 1. The minimum absolute atomic E-state index is 0.391. The molecule has 0 bridgehead atoms. The Hall–Kier alpha value is -1.90. The van der Waals surface area contributed by atoms with Crippen LogP contribution in [0.1, 0.15) is 5.56 Å². The molecule has 1 atom stereocenters. The molecular weight excluding hydrogens is 291 g/mol. The maximum absolute atomic E-state index is 12.2. The van der Waals surface area contributed by atoms with Gasteiger partial charge in [-0.05, 0) is 29.2 Å². The highest BCUT2D eigenvalue weighted by molar-refractivity contribution is 7.86. The van der Waals surface area contributed by atoms with Crippen LogP contribution in [0.25, 0.3) is 0 Å². The van der Waals surface area contributed by atoms with Crippen LogP contribution >= 0.6 is 0 Å². The molecule has 1 unspecified atom stereocenters. The number of aromatic nitrogens is 1. The lowest BCUT2D eigenvalue weighted by molar-refractivity contribution is 0.275. The van der Waals surface area contributed by atoms with Crippen LogP contribution in [0.15, 0.2) is 41.4 Å². The number of anilines is 1. The van der Waals surface area contributed by atoms with Gasteiger partial charge in [-0.25, -0.2) is 9.19 Å². The Balaban J connectivity index is 1.76. The average molecular weight is 304 g/mol. The lowest BCUT2D eigenvalue weighted by Crippen LogP contribution is -2.28. The average Bonchev–Trinajstić information content (AvgIpc) is 2.88. The van der Waals surface area contributed by atoms with E-state index in [2.05, 4.69) is 9.71 Å². The summed E-state index contributed by atoms with van der Waals surface area (Å²) in [5.41, 5.74) is 2.28. The first kappa shape index (κ1) is 14.1. The number of rotatable bonds is 4. The zero-order valence-electron chi connectivity index (χ0n) is 11.3. The van der Waals surface area contributed by atoms with Gasteiger partial charge < -0.3 is 19.1 Å². The minimum Gasteiger partial charge on any atom is -0.481 e. The first-order valence-corrected chi connectivity index (χ1v) is 7.43. The summed E-state index contributed by atoms with van der Waals surface area (Å²) in [7, 11) is -0.839. The molecular formula is C13H13BN2O4S. The van der Waals surface area contributed by atoms with Crippen molar-refractivity contribution in [1.82, 2.24) is 4.98 Å². The summed E-state index contributed by atoms with van der Waals surface area (Å²) < 4.78 is 25.2. The van der Waals surface area contributed by atoms with Gasteiger partial charge in [-0.2, -0.15) is 0 Å². The van der Waals surface area contributed by atoms with E-state index >= 15 is 0 Å². The summed E-state index contributed by atoms with van der Waals surface area (Å²) >= 11 is 0. The number of benzene rings is 1. The van der Waals surface area contributed by atoms with Crippen molar-refractivity contribution in [3.63, 3.8) is 0 Å². The van der Waals surface area contributed by atoms with Crippen LogP contribution in [0.3, 0.4) is 0 Å². The van der Waals surface area contributed by atoms with Crippen molar-refractivity contribution in [2.45, 2.75) is 11.5 Å². The number of hydrogen-bond acceptors (Lipinski definition) is 5. The molecule has 0 aliphatic carbocycles. The fourth-order valence-electron chi connectivity index (χ4n) is 2.04. The van der Waals surface area contributed by atoms with E-state index in [-0.39, 0.29) is 0 Å². The smallest absolute Gasteiger partial charge is 0.481 e. The quantitative estimate of drug-likeness (QED) is 0.801. The van der Waals surface area contributed by atoms with Crippen molar-refractivity contribution in [2.24, 2.45) is 0 Å². The second kappa shape index (κ2) is 5.84. The highest BCUT2D eigenvalue weighted by Crippen LogP contribution is 2.17. The van der Waals surface area contributed by atoms with Crippen LogP contribution < -0.4 is 14.9 Å². The second-order valence-corrected chi connectivity index (χ2v) is 5.70. The second-order valence-electron chi connectivity index (χ2n) is 4.48. The van der Waals surface area contributed by atoms with Gasteiger partial charge in [0.2, 0.25) is 5.88 Å². The molecule has 0 spiro atoms. The van der Waals surface area contributed by atoms with Gasteiger partial charge in [0.25, 0.3) is 0 Å². The Kier molecular flexibility index (Phi) is 3.91. The number of hydrogen-bond donors (Lipinski definition) is 2. The van der Waals surface area contributed by atoms with Gasteiger partial charge >= 0.3 is 7.12 Å². The lowest BCUT2D eigenvalue weighted by atomic mass is 9.79. The van der Waals surface area contributed by atoms with Gasteiger partial charge in [-0.1, -0.05) is 6.07 Å². The fraction of sp³-hybridized carbons (Fsp3) is 0.154. The van der Waals surface area contributed by atoms with E-state index in [1.165, 1.54) is 13.3 Å². The Labute approximate surface area is 124 Å². The molecule has 0 amide bonds. The van der Waals surface area contributed by atoms with Crippen LogP contribution in [0.4, 0.5) is 5.69 Å². The van der Waals surface area contributed by atoms with E-state index in [0.717, 1.165) is 5.56 Å². The highest BCUT2D eigenvalue weighted by atomic mass is 32.2. The molecule has 1 aliphatic rings. The van der Waals surface area contributed by atoms with Crippen LogP contribution in [0.2, 0.25) is 0 Å². The van der Waals surface area contributed by atoms with Crippen LogP contribution in [0, 0.1) is 0 Å². The number of pyridine rings is 1. The van der Waals surface area contributed by atoms with Crippen molar-refractivity contribution >= 4 is 29.3 Å². The monoisotopic (exact) mass is 304 g/mol. The van der Waals surface area contributed by atoms with Crippen molar-refractivity contribution in [3.05, 3.63) is 42.1 Å². The molecule has 21 heavy (non-hydrogen) atoms. The van der Waals surface area contributed by atoms with E-state index in [0.29, 0.717) is 28.5 Å². The van der Waals surface area contributed by atoms with Gasteiger partial charge in [0.15, 0.2) is 11.0 Å². The van der Waals surface area contributed by atoms with Gasteiger partial charge in [-0.15, -0.1) is 0 Å². The topological polar surface area (TPSA) is 80.7 Å². The van der Waals surface area contributed by atoms with E-state index < -0.39 is 18.1 Å². The number of nitrogens with zero attached hydrogens (tertiary/aromatic N) is 1. The molecule has 1 aromatic heterocycles. The lowest BCUT2D eigenvalue weighted by Gasteiger charge is -2.08. The molecule has 0 radical (unpaired) electrons. The van der Waals surface area contributed by atoms with E-state index in [1.807, 2.05) is 6.07 Å². The van der Waals surface area contributed by atoms with E-state index in [1.54, 1.807) is 24.3 Å². The minimum atomic E-state index is -1.44. The predicted molar refractivity (Wildman–Crippen MR) is 79.7 cm³/mol. The molecule has 0 saturated carbocycles. The molecule has 1 aliphatic heterocycles. The zero-order valence-corrected chi connectivity index (χ0v) is 12.1. The molecule has 108 valence electrons. The number of ether oxygens (including phenoxy) is 1. The van der Waals surface area contributed by atoms with Crippen LogP contribution in [-0.4, -0.2) is 28.4 Å². The normalized spacial score (nSPS) is 14.7. The molecule has 8 heteroatoms. The van der Waals surface area contributed by atoms with Crippen molar-refractivity contribution in [1.29, 1.82) is 0 Å². The molecule has 6 nitrogen and oxygen atoms in total. The van der Waals surface area contributed by atoms with Crippen molar-refractivity contribution in [3.8, 4) is 5.88 Å². The van der Waals surface area contributed by atoms with E-state index in [4.69, 9.17) is 9.39 Å². The molecule has 2 aromatic rings. The summed E-state index contributed by atoms with van der Waals surface area (Å²) in [4.78, 5) is 4.55. The maximum atomic E-state index is 12.2. The largest absolute Gasteiger partial charge is 0.491 e. The third-order valence-corrected chi connectivity index (χ3v) is 4.24. The van der Waals surface area contributed by atoms with Crippen LogP contribution in [-0.2, 0) is 22.2 Å². The molecule has 1 aromatic carbocycles. The molecule has 2 heterocycles. The summed E-state index contributed by atoms with van der Waals surface area (Å²) in [6.07, 6.45) is 1.49. The zero-order chi connectivity index (χ0) is 14.8. The SMILES string of the molecule is COc1ccc(S(=O)Nc2ccc3c(c2)B(O)OC3)cn1. The summed E-state index contributed by atoms with van der Waals surface area (Å²) in [5.74, 6) is 0.466. The first-order valence-electron chi connectivity index (χ1n) is 6.28. The van der Waals surface area contributed by atoms with Gasteiger partial charge in [-0.3, -0.25) is 0 Å². The third kappa shape index (κ3) is 2.92. The number of fused-ring (bicyclic) bond motifs is 1. The van der Waals surface area contributed by atoms with E-state index in [9.17, 15) is 9.23 Å². The Morgan fingerprint density at radius 2 is 2.29 bits per heavy atom. The Bertz CT molecular complexity index is 680. The van der Waals surface area contributed by atoms with Gasteiger partial charge in [0, 0.05) is 18.0 Å². The summed E-state index contributed by atoms with van der Waals surface area (Å²) in [6.45, 7) is 0.391. The Morgan fingerprint density at radius 1 is 1.43 bits per heavy atom. The van der Waals surface area contributed by atoms with Crippen LogP contribution in [0.5, 0.6) is 5.88 Å². The fourth-order valence-corrected chi connectivity index (χ4v) is 2.84. The standard InChI is InChI=1S/C13H13BN2O4S/c1-19-13-5-4-11(7-15-13)21(18)16-10-3-2-9-8-20-14(17)12(9)6-10/h2-7,16-17H,8H2,1H3. The van der Waals surface area contributed by atoms with Gasteiger partial charge in [0.05, 0.1) is 18.6 Å². The van der Waals surface area contributed by atoms with Crippen molar-refractivity contribution in [2.75, 3.05) is 11.8 Å². The highest BCUT2D eigenvalue weighted by Gasteiger charge is 2.27. The molecule has 0 saturated heterocycles. The summed E-state index contributed by atoms with van der Waals surface area (Å²) in [6, 6.07) is 8.71.